The van der Waals surface area contributed by atoms with Gasteiger partial charge in [0.05, 0.1) is 0 Å². The average molecular weight is 243 g/mol. The van der Waals surface area contributed by atoms with E-state index in [1.807, 2.05) is 0 Å². The van der Waals surface area contributed by atoms with Crippen molar-refractivity contribution in [3.63, 3.8) is 0 Å². The Hall–Kier alpha value is -0.546. The fraction of sp³-hybridized carbons (Fsp3) is 0.429. The standard InChI is InChI=1S/2C7H8.Ni/c2*1-2-7-4-3-6(1)5-7;/h2*1-4,6-7H,5H2;. The SMILES string of the molecule is C1=CC2C=CC1C2.C1=CC2C=CC1C2.[Ni]. The topological polar surface area (TPSA) is 0 Å². The predicted octanol–water partition coefficient (Wildman–Crippen LogP) is 3.49. The molecule has 0 saturated carbocycles. The molecule has 1 heteroatoms. The number of fused-ring (bicyclic) bond motifs is 4. The molecule has 4 rings (SSSR count). The molecule has 0 fully saturated rings. The number of allylic oxidation sites excluding steroid dienone is 8. The summed E-state index contributed by atoms with van der Waals surface area (Å²) in [4.78, 5) is 0. The molecule has 0 spiro atoms. The van der Waals surface area contributed by atoms with E-state index in [9.17, 15) is 0 Å². The van der Waals surface area contributed by atoms with Gasteiger partial charge in [-0.25, -0.2) is 0 Å². The molecule has 0 N–H and O–H groups in total. The van der Waals surface area contributed by atoms with E-state index in [1.54, 1.807) is 0 Å². The minimum Gasteiger partial charge on any atom is -0.0810 e. The van der Waals surface area contributed by atoms with Crippen molar-refractivity contribution < 1.29 is 16.5 Å². The van der Waals surface area contributed by atoms with Crippen LogP contribution in [0.15, 0.2) is 48.6 Å². The Morgan fingerprint density at radius 3 is 0.733 bits per heavy atom. The Balaban J connectivity index is 0.000000107. The summed E-state index contributed by atoms with van der Waals surface area (Å²) in [7, 11) is 0. The zero-order chi connectivity index (χ0) is 9.38. The molecular formula is C14H16Ni. The van der Waals surface area contributed by atoms with E-state index in [1.165, 1.54) is 12.8 Å². The van der Waals surface area contributed by atoms with E-state index >= 15 is 0 Å². The van der Waals surface area contributed by atoms with Gasteiger partial charge >= 0.3 is 0 Å². The molecule has 0 aromatic carbocycles. The third-order valence-electron chi connectivity index (χ3n) is 3.51. The zero-order valence-corrected chi connectivity index (χ0v) is 9.65. The molecule has 0 aromatic rings. The molecule has 0 heterocycles. The molecule has 4 aliphatic rings. The van der Waals surface area contributed by atoms with Crippen LogP contribution in [0.4, 0.5) is 0 Å². The van der Waals surface area contributed by atoms with Crippen molar-refractivity contribution >= 4 is 0 Å². The molecule has 4 bridgehead atoms. The molecule has 0 amide bonds. The second kappa shape index (κ2) is 4.53. The molecule has 0 radical (unpaired) electrons. The van der Waals surface area contributed by atoms with Crippen LogP contribution in [0.1, 0.15) is 12.8 Å². The minimum atomic E-state index is 0. The first-order valence-corrected chi connectivity index (χ1v) is 5.63. The summed E-state index contributed by atoms with van der Waals surface area (Å²) < 4.78 is 0. The molecule has 0 unspecified atom stereocenters. The van der Waals surface area contributed by atoms with Crippen LogP contribution in [-0.4, -0.2) is 0 Å². The molecular weight excluding hydrogens is 227 g/mol. The van der Waals surface area contributed by atoms with Gasteiger partial charge in [0.2, 0.25) is 0 Å². The molecule has 82 valence electrons. The molecule has 15 heavy (non-hydrogen) atoms. The van der Waals surface area contributed by atoms with Crippen LogP contribution >= 0.6 is 0 Å². The van der Waals surface area contributed by atoms with Crippen molar-refractivity contribution in [2.24, 2.45) is 23.7 Å². The Morgan fingerprint density at radius 2 is 0.667 bits per heavy atom. The van der Waals surface area contributed by atoms with Crippen molar-refractivity contribution in [1.82, 2.24) is 0 Å². The van der Waals surface area contributed by atoms with E-state index in [4.69, 9.17) is 0 Å². The van der Waals surface area contributed by atoms with Crippen LogP contribution in [0.3, 0.4) is 0 Å². The zero-order valence-electron chi connectivity index (χ0n) is 8.66. The van der Waals surface area contributed by atoms with Crippen molar-refractivity contribution in [3.05, 3.63) is 48.6 Å². The maximum absolute atomic E-state index is 2.30. The van der Waals surface area contributed by atoms with Crippen molar-refractivity contribution in [2.75, 3.05) is 0 Å². The summed E-state index contributed by atoms with van der Waals surface area (Å²) >= 11 is 0. The van der Waals surface area contributed by atoms with Gasteiger partial charge in [-0.2, -0.15) is 0 Å². The van der Waals surface area contributed by atoms with Crippen molar-refractivity contribution in [3.8, 4) is 0 Å². The first-order chi connectivity index (χ1) is 6.90. The second-order valence-electron chi connectivity index (χ2n) is 4.67. The molecule has 0 atom stereocenters. The Labute approximate surface area is 102 Å². The van der Waals surface area contributed by atoms with Gasteiger partial charge in [0.15, 0.2) is 0 Å². The molecule has 0 nitrogen and oxygen atoms in total. The number of hydrogen-bond acceptors (Lipinski definition) is 0. The van der Waals surface area contributed by atoms with E-state index in [0.29, 0.717) is 0 Å². The average Bonchev–Trinajstić information content (AvgIpc) is 3.01. The minimum absolute atomic E-state index is 0. The van der Waals surface area contributed by atoms with Crippen molar-refractivity contribution in [1.29, 1.82) is 0 Å². The Morgan fingerprint density at radius 1 is 0.467 bits per heavy atom. The van der Waals surface area contributed by atoms with Crippen LogP contribution in [0.5, 0.6) is 0 Å². The van der Waals surface area contributed by atoms with E-state index in [2.05, 4.69) is 48.6 Å². The largest absolute Gasteiger partial charge is 0.0810 e. The van der Waals surface area contributed by atoms with Crippen LogP contribution in [-0.2, 0) is 16.5 Å². The third kappa shape index (κ3) is 2.34. The van der Waals surface area contributed by atoms with Gasteiger partial charge in [-0.15, -0.1) is 0 Å². The fourth-order valence-corrected chi connectivity index (χ4v) is 2.66. The normalized spacial score (nSPS) is 40.5. The monoisotopic (exact) mass is 242 g/mol. The first kappa shape index (κ1) is 11.0. The van der Waals surface area contributed by atoms with Gasteiger partial charge in [-0.3, -0.25) is 0 Å². The van der Waals surface area contributed by atoms with Crippen LogP contribution in [0.2, 0.25) is 0 Å². The summed E-state index contributed by atoms with van der Waals surface area (Å²) in [5.41, 5.74) is 0. The van der Waals surface area contributed by atoms with Crippen molar-refractivity contribution in [2.45, 2.75) is 12.8 Å². The smallest absolute Gasteiger partial charge is 0 e. The summed E-state index contributed by atoms with van der Waals surface area (Å²) in [5.74, 6) is 3.24. The number of rotatable bonds is 0. The summed E-state index contributed by atoms with van der Waals surface area (Å²) in [6.45, 7) is 0. The summed E-state index contributed by atoms with van der Waals surface area (Å²) in [6.07, 6.45) is 21.1. The summed E-state index contributed by atoms with van der Waals surface area (Å²) in [5, 5.41) is 0. The van der Waals surface area contributed by atoms with Gasteiger partial charge in [0, 0.05) is 16.5 Å². The van der Waals surface area contributed by atoms with E-state index in [0.717, 1.165) is 23.7 Å². The number of hydrogen-bond donors (Lipinski definition) is 0. The van der Waals surface area contributed by atoms with Crippen LogP contribution < -0.4 is 0 Å². The molecule has 4 aliphatic carbocycles. The quantitative estimate of drug-likeness (QED) is 0.451. The predicted molar refractivity (Wildman–Crippen MR) is 59.8 cm³/mol. The third-order valence-corrected chi connectivity index (χ3v) is 3.51. The van der Waals surface area contributed by atoms with E-state index < -0.39 is 0 Å². The van der Waals surface area contributed by atoms with E-state index in [-0.39, 0.29) is 16.5 Å². The fourth-order valence-electron chi connectivity index (χ4n) is 2.66. The molecule has 0 aliphatic heterocycles. The van der Waals surface area contributed by atoms with Gasteiger partial charge in [0.25, 0.3) is 0 Å². The van der Waals surface area contributed by atoms with Gasteiger partial charge < -0.3 is 0 Å². The van der Waals surface area contributed by atoms with Crippen LogP contribution in [0, 0.1) is 23.7 Å². The second-order valence-corrected chi connectivity index (χ2v) is 4.67. The summed E-state index contributed by atoms with van der Waals surface area (Å²) in [6, 6.07) is 0. The van der Waals surface area contributed by atoms with Gasteiger partial charge in [-0.05, 0) is 36.5 Å². The van der Waals surface area contributed by atoms with Gasteiger partial charge in [-0.1, -0.05) is 48.6 Å². The molecule has 0 aromatic heterocycles. The Bertz CT molecular complexity index is 245. The maximum atomic E-state index is 2.30. The van der Waals surface area contributed by atoms with Gasteiger partial charge in [0.1, 0.15) is 0 Å². The Kier molecular flexibility index (Phi) is 3.31. The first-order valence-electron chi connectivity index (χ1n) is 5.63. The maximum Gasteiger partial charge on any atom is 0 e. The molecule has 0 saturated heterocycles. The van der Waals surface area contributed by atoms with Crippen LogP contribution in [0.25, 0.3) is 0 Å².